The maximum Gasteiger partial charge on any atom is 0.0649 e. The molecule has 0 amide bonds. The predicted octanol–water partition coefficient (Wildman–Crippen LogP) is 11.2. The number of aromatic nitrogens is 2. The maximum absolute atomic E-state index is 9.99. The van der Waals surface area contributed by atoms with E-state index < -0.39 is 172 Å². The lowest BCUT2D eigenvalue weighted by atomic mass is 9.84. The van der Waals surface area contributed by atoms with Crippen molar-refractivity contribution in [2.24, 2.45) is 0 Å². The van der Waals surface area contributed by atoms with Gasteiger partial charge in [-0.2, -0.15) is 0 Å². The Hall–Kier alpha value is -5.60. The number of fused-ring (bicyclic) bond motifs is 2. The molecule has 0 bridgehead atoms. The Bertz CT molecular complexity index is 3210. The molecule has 2 aromatic heterocycles. The zero-order valence-electron chi connectivity index (χ0n) is 47.2. The van der Waals surface area contributed by atoms with Gasteiger partial charge in [0.2, 0.25) is 0 Å². The Kier molecular flexibility index (Phi) is 2.82. The predicted molar refractivity (Wildman–Crippen MR) is 190 cm³/mol. The van der Waals surface area contributed by atoms with E-state index in [9.17, 15) is 19.2 Å². The van der Waals surface area contributed by atoms with Crippen molar-refractivity contribution in [3.05, 3.63) is 181 Å². The lowest BCUT2D eigenvalue weighted by Gasteiger charge is -2.29. The third-order valence-electron chi connectivity index (χ3n) is 7.22. The van der Waals surface area contributed by atoms with Gasteiger partial charge in [-0.25, -0.2) is 0 Å². The molecule has 0 aliphatic carbocycles. The van der Waals surface area contributed by atoms with Crippen molar-refractivity contribution in [2.75, 3.05) is 0 Å². The van der Waals surface area contributed by atoms with Gasteiger partial charge in [0.1, 0.15) is 0 Å². The van der Waals surface area contributed by atoms with Gasteiger partial charge in [-0.05, 0) is 96.4 Å². The Morgan fingerprint density at radius 1 is 0.467 bits per heavy atom. The van der Waals surface area contributed by atoms with Crippen molar-refractivity contribution in [1.82, 2.24) is 9.13 Å². The fourth-order valence-corrected chi connectivity index (χ4v) is 5.18. The Balaban J connectivity index is 1.79. The van der Waals surface area contributed by atoms with Crippen molar-refractivity contribution in [3.63, 3.8) is 0 Å². The minimum Gasteiger partial charge on any atom is -0.313 e. The minimum atomic E-state index is -4.23. The van der Waals surface area contributed by atoms with E-state index in [1.165, 1.54) is 48.5 Å². The Labute approximate surface area is 298 Å². The van der Waals surface area contributed by atoms with Gasteiger partial charge in [0.15, 0.2) is 0 Å². The Morgan fingerprint density at radius 2 is 0.889 bits per heavy atom. The van der Waals surface area contributed by atoms with Gasteiger partial charge in [0, 0.05) is 47.2 Å². The highest BCUT2D eigenvalue weighted by atomic mass is 15.0. The zero-order chi connectivity index (χ0) is 51.0. The molecule has 45 heavy (non-hydrogen) atoms. The summed E-state index contributed by atoms with van der Waals surface area (Å²) in [6.07, 6.45) is 0. The van der Waals surface area contributed by atoms with Crippen LogP contribution in [0.5, 0.6) is 0 Å². The normalized spacial score (nSPS) is 19.9. The summed E-state index contributed by atoms with van der Waals surface area (Å²) in [6, 6.07) is -3.04. The van der Waals surface area contributed by atoms with Crippen LogP contribution in [0.3, 0.4) is 0 Å². The first-order valence-corrected chi connectivity index (χ1v) is 13.7. The van der Waals surface area contributed by atoms with Crippen LogP contribution in [0, 0.1) is 0 Å². The first-order chi connectivity index (χ1) is 32.1. The van der Waals surface area contributed by atoms with E-state index in [-0.39, 0.29) is 22.3 Å². The fourth-order valence-electron chi connectivity index (χ4n) is 5.18. The van der Waals surface area contributed by atoms with Crippen LogP contribution in [0.15, 0.2) is 169 Å². The van der Waals surface area contributed by atoms with Crippen LogP contribution < -0.4 is 0 Å². The highest BCUT2D eigenvalue weighted by molar-refractivity contribution is 5.90. The van der Waals surface area contributed by atoms with Gasteiger partial charge in [0.25, 0.3) is 0 Å². The molecule has 8 rings (SSSR count). The van der Waals surface area contributed by atoms with Crippen LogP contribution in [-0.4, -0.2) is 9.13 Å². The van der Waals surface area contributed by atoms with Gasteiger partial charge in [-0.15, -0.1) is 0 Å². The summed E-state index contributed by atoms with van der Waals surface area (Å²) in [7, 11) is 0. The van der Waals surface area contributed by atoms with Crippen LogP contribution >= 0.6 is 0 Å². The van der Waals surface area contributed by atoms with Crippen molar-refractivity contribution in [3.8, 4) is 33.6 Å². The number of nitrogens with zero attached hydrogens (tertiary/aromatic N) is 2. The van der Waals surface area contributed by atoms with Crippen LogP contribution in [0.25, 0.3) is 55.4 Å². The molecule has 0 saturated heterocycles. The van der Waals surface area contributed by atoms with Crippen molar-refractivity contribution in [2.45, 2.75) is 19.1 Å². The average Bonchev–Trinajstić information content (AvgIpc) is 3.76. The highest BCUT2D eigenvalue weighted by Crippen LogP contribution is 2.42. The molecule has 2 heterocycles. The summed E-state index contributed by atoms with van der Waals surface area (Å²) < 4.78 is 222. The van der Waals surface area contributed by atoms with Gasteiger partial charge in [-0.3, -0.25) is 0 Å². The molecule has 0 aliphatic rings. The molecule has 0 atom stereocenters. The van der Waals surface area contributed by atoms with Crippen LogP contribution in [0.2, 0.25) is 0 Å². The molecule has 0 N–H and O–H groups in total. The topological polar surface area (TPSA) is 9.86 Å². The van der Waals surface area contributed by atoms with Crippen molar-refractivity contribution >= 4 is 21.8 Å². The first-order valence-electron chi connectivity index (χ1n) is 25.7. The van der Waals surface area contributed by atoms with E-state index in [1.807, 2.05) is 0 Å². The SMILES string of the molecule is [2H]c1c([2H])c([2H])c(-n2c(C(c3c([2H])c4c([2H])c(-c5ccccc5)c([2H])c([2H])c4n3-c3c([2H])c([2H])c([2H])c([2H])c3[2H])(C([2H])([2H])[2H])C([2H])([2H])[2H])c([2H])c3c([2H])c(-c4ccccc4)c([2H])c([2H])c32)c([2H])c1[2H]. The number of rotatable bonds is 6. The third kappa shape index (κ3) is 4.67. The summed E-state index contributed by atoms with van der Waals surface area (Å²) in [4.78, 5) is 0. The maximum atomic E-state index is 9.99. The van der Waals surface area contributed by atoms with E-state index in [4.69, 9.17) is 13.7 Å². The molecule has 0 fully saturated rings. The fraction of sp³-hybridized carbons (Fsp3) is 0.0698. The third-order valence-corrected chi connectivity index (χ3v) is 7.22. The summed E-state index contributed by atoms with van der Waals surface area (Å²) >= 11 is 0. The average molecular weight is 603 g/mol. The van der Waals surface area contributed by atoms with Crippen LogP contribution in [0.4, 0.5) is 0 Å². The second-order valence-electron chi connectivity index (χ2n) is 9.99. The van der Waals surface area contributed by atoms with Crippen LogP contribution in [-0.2, 0) is 5.41 Å². The van der Waals surface area contributed by atoms with Gasteiger partial charge in [0.05, 0.1) is 35.7 Å². The number of para-hydroxylation sites is 2. The number of benzene rings is 6. The molecule has 0 spiro atoms. The van der Waals surface area contributed by atoms with Gasteiger partial charge >= 0.3 is 0 Å². The molecule has 8 aromatic rings. The zero-order valence-corrected chi connectivity index (χ0v) is 23.2. The molecule has 0 unspecified atom stereocenters. The smallest absolute Gasteiger partial charge is 0.0649 e. The summed E-state index contributed by atoms with van der Waals surface area (Å²) in [5.74, 6) is 0. The minimum absolute atomic E-state index is 0.137. The van der Waals surface area contributed by atoms with E-state index >= 15 is 0 Å². The van der Waals surface area contributed by atoms with E-state index in [0.717, 1.165) is 0 Å². The van der Waals surface area contributed by atoms with E-state index in [1.54, 1.807) is 12.1 Å². The van der Waals surface area contributed by atoms with Crippen molar-refractivity contribution in [1.29, 1.82) is 0 Å². The molecule has 0 saturated carbocycles. The molecule has 0 aliphatic heterocycles. The van der Waals surface area contributed by atoms with E-state index in [0.29, 0.717) is 9.13 Å². The standard InChI is InChI=1S/C43H34N2/c1-43(2,41-29-35-27-33(31-15-7-3-8-16-31)23-25-39(35)44(41)37-19-11-5-12-20-37)42-30-36-28-34(32-17-9-4-10-18-32)24-26-40(36)45(42)38-21-13-6-14-22-38/h3-30H,1-2H3/i1D3,2D3,5D,6D,11D,12D,13D,14D,19D,20D,21D,22D,23D,24D,25D,26D,27D,28D,29D,30D. The second-order valence-corrected chi connectivity index (χ2v) is 9.99. The summed E-state index contributed by atoms with van der Waals surface area (Å²) in [5, 5.41) is -1.51. The number of hydrogen-bond acceptors (Lipinski definition) is 0. The molecule has 2 heteroatoms. The number of hydrogen-bond donors (Lipinski definition) is 0. The molecular formula is C43H34N2. The monoisotopic (exact) mass is 602 g/mol. The van der Waals surface area contributed by atoms with Gasteiger partial charge < -0.3 is 9.13 Å². The summed E-state index contributed by atoms with van der Waals surface area (Å²) in [6.45, 7) is -8.45. The first kappa shape index (κ1) is 11.7. The Morgan fingerprint density at radius 3 is 1.29 bits per heavy atom. The molecule has 216 valence electrons. The van der Waals surface area contributed by atoms with Crippen LogP contribution in [0.1, 0.15) is 58.0 Å². The lowest BCUT2D eigenvalue weighted by Crippen LogP contribution is -2.25. The van der Waals surface area contributed by atoms with Crippen molar-refractivity contribution < 1.29 is 32.9 Å². The lowest BCUT2D eigenvalue weighted by molar-refractivity contribution is 0.576. The van der Waals surface area contributed by atoms with E-state index in [2.05, 4.69) is 0 Å². The second kappa shape index (κ2) is 10.8. The quantitative estimate of drug-likeness (QED) is 0.179. The molecule has 0 radical (unpaired) electrons. The van der Waals surface area contributed by atoms with Gasteiger partial charge in [-0.1, -0.05) is 109 Å². The largest absolute Gasteiger partial charge is 0.313 e. The molecule has 2 nitrogen and oxygen atoms in total. The molecular weight excluding hydrogens is 544 g/mol. The highest BCUT2D eigenvalue weighted by Gasteiger charge is 2.33. The summed E-state index contributed by atoms with van der Waals surface area (Å²) in [5.41, 5.74) is -11.1. The molecule has 6 aromatic carbocycles.